The molecule has 1 heterocycles. The molecule has 2 aliphatic rings. The van der Waals surface area contributed by atoms with Crippen molar-refractivity contribution in [2.45, 2.75) is 89.9 Å². The summed E-state index contributed by atoms with van der Waals surface area (Å²) in [6, 6.07) is 12.0. The van der Waals surface area contributed by atoms with Crippen LogP contribution in [0.5, 0.6) is 5.75 Å². The van der Waals surface area contributed by atoms with Crippen molar-refractivity contribution in [2.24, 2.45) is 11.8 Å². The van der Waals surface area contributed by atoms with Crippen molar-refractivity contribution in [3.8, 4) is 5.75 Å². The first kappa shape index (κ1) is 30.9. The number of aliphatic hydroxyl groups excluding tert-OH is 1. The summed E-state index contributed by atoms with van der Waals surface area (Å²) in [5, 5.41) is 12.0. The van der Waals surface area contributed by atoms with Crippen molar-refractivity contribution in [1.29, 1.82) is 0 Å². The molecule has 7 heteroatoms. The number of ether oxygens (including phenoxy) is 1. The SMILES string of the molecule is C=S(NC(=O)c1ccc2c(c1)N(CC1CCC1C(O)CCCC)CC(c1ccc(Cl)cc1CCC)CO2)C(C)C. The zero-order valence-corrected chi connectivity index (χ0v) is 26.2. The van der Waals surface area contributed by atoms with Gasteiger partial charge >= 0.3 is 0 Å². The van der Waals surface area contributed by atoms with Gasteiger partial charge in [0.15, 0.2) is 0 Å². The van der Waals surface area contributed by atoms with Gasteiger partial charge in [-0.1, -0.05) is 81.2 Å². The molecule has 0 aromatic heterocycles. The Labute approximate surface area is 248 Å². The summed E-state index contributed by atoms with van der Waals surface area (Å²) >= 11 is 6.40. The van der Waals surface area contributed by atoms with E-state index in [1.165, 1.54) is 11.1 Å². The average Bonchev–Trinajstić information content (AvgIpc) is 3.09. The molecule has 220 valence electrons. The highest BCUT2D eigenvalue weighted by Crippen LogP contribution is 2.43. The van der Waals surface area contributed by atoms with Gasteiger partial charge in [-0.15, -0.1) is 0 Å². The van der Waals surface area contributed by atoms with Crippen LogP contribution in [0.15, 0.2) is 36.4 Å². The van der Waals surface area contributed by atoms with Crippen LogP contribution in [0.25, 0.3) is 0 Å². The standard InChI is InChI=1S/C33H47ClN2O3S/c1-6-8-10-31(37)29-14-11-25(29)19-36-20-26(28-15-13-27(34)17-23(28)9-7-2)21-39-32-16-12-24(18-30(32)36)33(38)35-40(5)22(3)4/h12-13,15-18,22,25-26,29,31,37H,5-11,14,19-21H2,1-4H3,(H,35,38). The predicted octanol–water partition coefficient (Wildman–Crippen LogP) is 7.61. The Morgan fingerprint density at radius 2 is 2.00 bits per heavy atom. The number of nitrogens with zero attached hydrogens (tertiary/aromatic N) is 1. The molecule has 1 aliphatic heterocycles. The van der Waals surface area contributed by atoms with E-state index in [1.54, 1.807) is 0 Å². The minimum Gasteiger partial charge on any atom is -0.491 e. The largest absolute Gasteiger partial charge is 0.491 e. The number of unbranched alkanes of at least 4 members (excludes halogenated alkanes) is 1. The number of aliphatic hydroxyl groups is 1. The van der Waals surface area contributed by atoms with Crippen LogP contribution in [-0.4, -0.2) is 47.9 Å². The lowest BCUT2D eigenvalue weighted by Gasteiger charge is -2.43. The number of nitrogens with one attached hydrogen (secondary N) is 1. The monoisotopic (exact) mass is 586 g/mol. The van der Waals surface area contributed by atoms with Crippen LogP contribution in [-0.2, 0) is 6.42 Å². The number of anilines is 1. The Bertz CT molecular complexity index is 1190. The highest BCUT2D eigenvalue weighted by Gasteiger charge is 2.38. The zero-order chi connectivity index (χ0) is 28.8. The minimum atomic E-state index is -0.451. The number of hydrogen-bond acceptors (Lipinski definition) is 4. The van der Waals surface area contributed by atoms with E-state index in [0.29, 0.717) is 24.0 Å². The lowest BCUT2D eigenvalue weighted by molar-refractivity contribution is 0.00960. The molecule has 5 nitrogen and oxygen atoms in total. The van der Waals surface area contributed by atoms with Crippen molar-refractivity contribution in [3.63, 3.8) is 0 Å². The first-order chi connectivity index (χ1) is 19.2. The molecule has 0 radical (unpaired) electrons. The summed E-state index contributed by atoms with van der Waals surface area (Å²) in [7, 11) is -0.451. The second-order valence-electron chi connectivity index (χ2n) is 11.8. The maximum atomic E-state index is 13.2. The molecular formula is C33H47ClN2O3S. The van der Waals surface area contributed by atoms with Gasteiger partial charge in [0.25, 0.3) is 5.91 Å². The van der Waals surface area contributed by atoms with Gasteiger partial charge in [0.2, 0.25) is 0 Å². The number of fused-ring (bicyclic) bond motifs is 1. The Morgan fingerprint density at radius 3 is 2.67 bits per heavy atom. The molecule has 0 saturated heterocycles. The Morgan fingerprint density at radius 1 is 1.20 bits per heavy atom. The van der Waals surface area contributed by atoms with Crippen LogP contribution < -0.4 is 14.4 Å². The van der Waals surface area contributed by atoms with Crippen LogP contribution in [0.3, 0.4) is 0 Å². The predicted molar refractivity (Wildman–Crippen MR) is 171 cm³/mol. The van der Waals surface area contributed by atoms with E-state index in [4.69, 9.17) is 16.3 Å². The number of carbonyl (C=O) groups is 1. The van der Waals surface area contributed by atoms with Crippen molar-refractivity contribution in [2.75, 3.05) is 24.6 Å². The maximum Gasteiger partial charge on any atom is 0.260 e. The highest BCUT2D eigenvalue weighted by molar-refractivity contribution is 8.13. The van der Waals surface area contributed by atoms with Gasteiger partial charge in [-0.3, -0.25) is 4.79 Å². The van der Waals surface area contributed by atoms with Crippen LogP contribution in [0.1, 0.15) is 93.6 Å². The molecule has 1 amide bonds. The van der Waals surface area contributed by atoms with Crippen molar-refractivity contribution in [1.82, 2.24) is 4.72 Å². The van der Waals surface area contributed by atoms with E-state index in [9.17, 15) is 9.90 Å². The summed E-state index contributed by atoms with van der Waals surface area (Å²) < 4.78 is 9.53. The van der Waals surface area contributed by atoms with Crippen LogP contribution in [0.4, 0.5) is 5.69 Å². The fourth-order valence-electron chi connectivity index (χ4n) is 5.99. The molecule has 1 fully saturated rings. The van der Waals surface area contributed by atoms with Gasteiger partial charge in [-0.2, -0.15) is 0 Å². The van der Waals surface area contributed by atoms with Crippen molar-refractivity contribution >= 4 is 39.7 Å². The average molecular weight is 587 g/mol. The lowest BCUT2D eigenvalue weighted by Crippen LogP contribution is -2.44. The molecule has 40 heavy (non-hydrogen) atoms. The number of halogens is 1. The van der Waals surface area contributed by atoms with E-state index < -0.39 is 10.7 Å². The molecule has 1 saturated carbocycles. The van der Waals surface area contributed by atoms with Crippen molar-refractivity contribution in [3.05, 3.63) is 58.1 Å². The fraction of sp³-hybridized carbons (Fsp3) is 0.576. The van der Waals surface area contributed by atoms with Crippen LogP contribution in [0.2, 0.25) is 5.02 Å². The zero-order valence-electron chi connectivity index (χ0n) is 24.6. The third-order valence-electron chi connectivity index (χ3n) is 8.58. The van der Waals surface area contributed by atoms with E-state index in [0.717, 1.165) is 74.5 Å². The normalized spacial score (nSPS) is 22.1. The van der Waals surface area contributed by atoms with Gasteiger partial charge in [0.05, 0.1) is 18.4 Å². The smallest absolute Gasteiger partial charge is 0.260 e. The molecule has 4 rings (SSSR count). The van der Waals surface area contributed by atoms with E-state index >= 15 is 0 Å². The number of rotatable bonds is 12. The number of aryl methyl sites for hydroxylation is 1. The first-order valence-corrected chi connectivity index (χ1v) is 16.9. The van der Waals surface area contributed by atoms with Gasteiger partial charge < -0.3 is 19.5 Å². The maximum absolute atomic E-state index is 13.2. The molecular weight excluding hydrogens is 540 g/mol. The minimum absolute atomic E-state index is 0.102. The molecule has 2 aromatic rings. The number of amides is 1. The highest BCUT2D eigenvalue weighted by atomic mass is 35.5. The Hall–Kier alpha value is -2.02. The van der Waals surface area contributed by atoms with Crippen molar-refractivity contribution < 1.29 is 14.6 Å². The summed E-state index contributed by atoms with van der Waals surface area (Å²) in [4.78, 5) is 15.6. The van der Waals surface area contributed by atoms with Gasteiger partial charge in [0, 0.05) is 34.8 Å². The summed E-state index contributed by atoms with van der Waals surface area (Å²) in [5.74, 6) is 5.75. The molecule has 1 aliphatic carbocycles. The Kier molecular flexibility index (Phi) is 11.0. The van der Waals surface area contributed by atoms with Gasteiger partial charge in [-0.05, 0) is 79.0 Å². The molecule has 5 atom stereocenters. The molecule has 5 unspecified atom stereocenters. The van der Waals surface area contributed by atoms with Gasteiger partial charge in [0.1, 0.15) is 5.75 Å². The third-order valence-corrected chi connectivity index (χ3v) is 10.4. The number of hydrogen-bond donors (Lipinski definition) is 2. The summed E-state index contributed by atoms with van der Waals surface area (Å²) in [6.45, 7) is 10.7. The quantitative estimate of drug-likeness (QED) is 0.251. The second kappa shape index (κ2) is 14.2. The fourth-order valence-corrected chi connectivity index (χ4v) is 6.78. The lowest BCUT2D eigenvalue weighted by atomic mass is 9.69. The number of benzene rings is 2. The first-order valence-electron chi connectivity index (χ1n) is 15.0. The van der Waals surface area contributed by atoms with E-state index in [1.807, 2.05) is 24.3 Å². The van der Waals surface area contributed by atoms with E-state index in [-0.39, 0.29) is 23.2 Å². The summed E-state index contributed by atoms with van der Waals surface area (Å²) in [6.07, 6.45) is 7.01. The topological polar surface area (TPSA) is 61.8 Å². The van der Waals surface area contributed by atoms with Gasteiger partial charge in [-0.25, -0.2) is 0 Å². The van der Waals surface area contributed by atoms with E-state index in [2.05, 4.69) is 55.3 Å². The second-order valence-corrected chi connectivity index (χ2v) is 14.2. The van der Waals surface area contributed by atoms with Crippen LogP contribution >= 0.6 is 22.3 Å². The Balaban J connectivity index is 1.65. The molecule has 2 aromatic carbocycles. The molecule has 0 spiro atoms. The molecule has 0 bridgehead atoms. The summed E-state index contributed by atoms with van der Waals surface area (Å²) in [5.41, 5.74) is 4.15. The third kappa shape index (κ3) is 7.43. The number of carbonyl (C=O) groups excluding carboxylic acids is 1. The molecule has 2 N–H and O–H groups in total. The van der Waals surface area contributed by atoms with Crippen LogP contribution in [0, 0.1) is 11.8 Å².